The zero-order valence-corrected chi connectivity index (χ0v) is 12.2. The van der Waals surface area contributed by atoms with E-state index in [1.807, 2.05) is 0 Å². The van der Waals surface area contributed by atoms with Gasteiger partial charge in [0.1, 0.15) is 0 Å². The van der Waals surface area contributed by atoms with Crippen LogP contribution >= 0.6 is 12.4 Å². The van der Waals surface area contributed by atoms with E-state index in [9.17, 15) is 18.0 Å². The lowest BCUT2D eigenvalue weighted by molar-refractivity contribution is -0.134. The third kappa shape index (κ3) is 5.93. The molecule has 0 bridgehead atoms. The number of carbonyl (C=O) groups is 1. The molecular weight excluding hydrogens is 305 g/mol. The highest BCUT2D eigenvalue weighted by atomic mass is 35.5. The summed E-state index contributed by atoms with van der Waals surface area (Å²) in [5, 5.41) is 5.89. The van der Waals surface area contributed by atoms with Crippen LogP contribution in [-0.4, -0.2) is 25.2 Å². The van der Waals surface area contributed by atoms with Gasteiger partial charge in [0.2, 0.25) is 5.91 Å². The summed E-state index contributed by atoms with van der Waals surface area (Å²) < 4.78 is 36.3. The van der Waals surface area contributed by atoms with Gasteiger partial charge in [-0.15, -0.1) is 12.4 Å². The number of hydrogen-bond acceptors (Lipinski definition) is 2. The van der Waals surface area contributed by atoms with Crippen LogP contribution in [0.1, 0.15) is 18.4 Å². The molecule has 1 heterocycles. The number of carbonyl (C=O) groups excluding carboxylic acids is 1. The predicted octanol–water partition coefficient (Wildman–Crippen LogP) is 3.15. The van der Waals surface area contributed by atoms with Gasteiger partial charge in [-0.2, -0.15) is 13.2 Å². The van der Waals surface area contributed by atoms with Crippen molar-refractivity contribution < 1.29 is 18.0 Å². The average molecular weight is 323 g/mol. The zero-order valence-electron chi connectivity index (χ0n) is 11.4. The first-order chi connectivity index (χ1) is 9.44. The SMILES string of the molecule is Cl.O=C(Nc1ccc(CCC(F)(F)F)cc1)C1CCNC1. The molecule has 2 N–H and O–H groups in total. The minimum atomic E-state index is -4.14. The first-order valence-electron chi connectivity index (χ1n) is 6.61. The number of rotatable bonds is 4. The van der Waals surface area contributed by atoms with Gasteiger partial charge in [0.25, 0.3) is 0 Å². The summed E-state index contributed by atoms with van der Waals surface area (Å²) >= 11 is 0. The van der Waals surface area contributed by atoms with Crippen molar-refractivity contribution in [2.75, 3.05) is 18.4 Å². The molecule has 0 aliphatic carbocycles. The van der Waals surface area contributed by atoms with Gasteiger partial charge in [0, 0.05) is 18.7 Å². The molecule has 2 rings (SSSR count). The van der Waals surface area contributed by atoms with Gasteiger partial charge in [-0.25, -0.2) is 0 Å². The van der Waals surface area contributed by atoms with Crippen molar-refractivity contribution in [3.8, 4) is 0 Å². The molecule has 118 valence electrons. The van der Waals surface area contributed by atoms with Gasteiger partial charge in [-0.3, -0.25) is 4.79 Å². The second-order valence-electron chi connectivity index (χ2n) is 4.99. The van der Waals surface area contributed by atoms with E-state index in [0.29, 0.717) is 17.8 Å². The van der Waals surface area contributed by atoms with E-state index < -0.39 is 12.6 Å². The van der Waals surface area contributed by atoms with Gasteiger partial charge < -0.3 is 10.6 Å². The molecular formula is C14H18ClF3N2O. The Kier molecular flexibility index (Phi) is 6.48. The summed E-state index contributed by atoms with van der Waals surface area (Å²) in [5.41, 5.74) is 1.24. The number of anilines is 1. The zero-order chi connectivity index (χ0) is 14.6. The maximum absolute atomic E-state index is 12.1. The largest absolute Gasteiger partial charge is 0.389 e. The van der Waals surface area contributed by atoms with Crippen LogP contribution in [0.25, 0.3) is 0 Å². The normalized spacial score (nSPS) is 18.1. The van der Waals surface area contributed by atoms with Crippen molar-refractivity contribution in [2.45, 2.75) is 25.4 Å². The molecule has 1 saturated heterocycles. The molecule has 1 atom stereocenters. The first-order valence-corrected chi connectivity index (χ1v) is 6.61. The van der Waals surface area contributed by atoms with Crippen LogP contribution in [0, 0.1) is 5.92 Å². The molecule has 1 amide bonds. The number of aryl methyl sites for hydroxylation is 1. The highest BCUT2D eigenvalue weighted by Gasteiger charge is 2.26. The van der Waals surface area contributed by atoms with Crippen molar-refractivity contribution >= 4 is 24.0 Å². The van der Waals surface area contributed by atoms with Crippen LogP contribution in [-0.2, 0) is 11.2 Å². The van der Waals surface area contributed by atoms with Crippen LogP contribution in [0.4, 0.5) is 18.9 Å². The van der Waals surface area contributed by atoms with Crippen molar-refractivity contribution in [1.29, 1.82) is 0 Å². The highest BCUT2D eigenvalue weighted by Crippen LogP contribution is 2.22. The van der Waals surface area contributed by atoms with E-state index in [2.05, 4.69) is 10.6 Å². The maximum atomic E-state index is 12.1. The monoisotopic (exact) mass is 322 g/mol. The number of amides is 1. The first kappa shape index (κ1) is 17.8. The predicted molar refractivity (Wildman–Crippen MR) is 77.7 cm³/mol. The topological polar surface area (TPSA) is 41.1 Å². The Morgan fingerprint density at radius 3 is 2.48 bits per heavy atom. The Balaban J connectivity index is 0.00000220. The van der Waals surface area contributed by atoms with E-state index in [1.54, 1.807) is 24.3 Å². The summed E-state index contributed by atoms with van der Waals surface area (Å²) in [6.07, 6.45) is -4.19. The second kappa shape index (κ2) is 7.66. The quantitative estimate of drug-likeness (QED) is 0.894. The molecule has 1 aromatic carbocycles. The van der Waals surface area contributed by atoms with Gasteiger partial charge in [-0.1, -0.05) is 12.1 Å². The minimum Gasteiger partial charge on any atom is -0.326 e. The number of nitrogens with one attached hydrogen (secondary N) is 2. The lowest BCUT2D eigenvalue weighted by Gasteiger charge is -2.11. The Morgan fingerprint density at radius 1 is 1.29 bits per heavy atom. The average Bonchev–Trinajstić information content (AvgIpc) is 2.91. The number of halogens is 4. The third-order valence-electron chi connectivity index (χ3n) is 3.35. The van der Waals surface area contributed by atoms with Gasteiger partial charge in [0.15, 0.2) is 0 Å². The van der Waals surface area contributed by atoms with E-state index >= 15 is 0 Å². The Labute approximate surface area is 127 Å². The van der Waals surface area contributed by atoms with Crippen LogP contribution in [0.5, 0.6) is 0 Å². The third-order valence-corrected chi connectivity index (χ3v) is 3.35. The van der Waals surface area contributed by atoms with Gasteiger partial charge in [-0.05, 0) is 37.1 Å². The van der Waals surface area contributed by atoms with E-state index in [0.717, 1.165) is 13.0 Å². The fourth-order valence-corrected chi connectivity index (χ4v) is 2.16. The Hall–Kier alpha value is -1.27. The van der Waals surface area contributed by atoms with Crippen molar-refractivity contribution in [3.05, 3.63) is 29.8 Å². The number of hydrogen-bond donors (Lipinski definition) is 2. The number of benzene rings is 1. The van der Waals surface area contributed by atoms with Crippen LogP contribution in [0.2, 0.25) is 0 Å². The Morgan fingerprint density at radius 2 is 1.95 bits per heavy atom. The molecule has 21 heavy (non-hydrogen) atoms. The molecule has 0 saturated carbocycles. The Bertz CT molecular complexity index is 456. The van der Waals surface area contributed by atoms with Crippen molar-refractivity contribution in [1.82, 2.24) is 5.32 Å². The molecule has 3 nitrogen and oxygen atoms in total. The fourth-order valence-electron chi connectivity index (χ4n) is 2.16. The van der Waals surface area contributed by atoms with Gasteiger partial charge >= 0.3 is 6.18 Å². The summed E-state index contributed by atoms with van der Waals surface area (Å²) in [5.74, 6) is -0.0713. The molecule has 7 heteroatoms. The molecule has 1 fully saturated rings. The highest BCUT2D eigenvalue weighted by molar-refractivity contribution is 5.92. The van der Waals surface area contributed by atoms with Crippen molar-refractivity contribution in [3.63, 3.8) is 0 Å². The summed E-state index contributed by atoms with van der Waals surface area (Å²) in [6, 6.07) is 6.53. The standard InChI is InChI=1S/C14H17F3N2O.ClH/c15-14(16,17)7-5-10-1-3-12(4-2-10)19-13(20)11-6-8-18-9-11;/h1-4,11,18H,5-9H2,(H,19,20);1H. The van der Waals surface area contributed by atoms with Crippen LogP contribution < -0.4 is 10.6 Å². The van der Waals surface area contributed by atoms with Crippen LogP contribution in [0.3, 0.4) is 0 Å². The molecule has 1 aromatic rings. The maximum Gasteiger partial charge on any atom is 0.389 e. The number of alkyl halides is 3. The molecule has 1 aliphatic rings. The second-order valence-corrected chi connectivity index (χ2v) is 4.99. The van der Waals surface area contributed by atoms with Gasteiger partial charge in [0.05, 0.1) is 5.92 Å². The molecule has 1 unspecified atom stereocenters. The molecule has 1 aliphatic heterocycles. The summed E-state index contributed by atoms with van der Waals surface area (Å²) in [6.45, 7) is 1.52. The van der Waals surface area contributed by atoms with E-state index in [-0.39, 0.29) is 30.7 Å². The lowest BCUT2D eigenvalue weighted by Crippen LogP contribution is -2.24. The molecule has 0 spiro atoms. The molecule has 0 aromatic heterocycles. The minimum absolute atomic E-state index is 0. The van der Waals surface area contributed by atoms with E-state index in [4.69, 9.17) is 0 Å². The summed E-state index contributed by atoms with van der Waals surface area (Å²) in [7, 11) is 0. The molecule has 0 radical (unpaired) electrons. The lowest BCUT2D eigenvalue weighted by atomic mass is 10.1. The fraction of sp³-hybridized carbons (Fsp3) is 0.500. The summed E-state index contributed by atoms with van der Waals surface area (Å²) in [4.78, 5) is 11.9. The van der Waals surface area contributed by atoms with E-state index in [1.165, 1.54) is 0 Å². The van der Waals surface area contributed by atoms with Crippen LogP contribution in [0.15, 0.2) is 24.3 Å². The smallest absolute Gasteiger partial charge is 0.326 e. The van der Waals surface area contributed by atoms with Crippen molar-refractivity contribution in [2.24, 2.45) is 5.92 Å².